The van der Waals surface area contributed by atoms with Crippen molar-refractivity contribution in [3.05, 3.63) is 35.4 Å². The normalized spacial score (nSPS) is 16.8. The first-order valence-electron chi connectivity index (χ1n) is 6.61. The quantitative estimate of drug-likeness (QED) is 0.790. The zero-order valence-electron chi connectivity index (χ0n) is 10.4. The van der Waals surface area contributed by atoms with Crippen molar-refractivity contribution in [3.63, 3.8) is 0 Å². The fourth-order valence-corrected chi connectivity index (χ4v) is 2.68. The van der Waals surface area contributed by atoms with Crippen LogP contribution in [0.25, 0.3) is 0 Å². The summed E-state index contributed by atoms with van der Waals surface area (Å²) in [5.74, 6) is -0.514. The lowest BCUT2D eigenvalue weighted by molar-refractivity contribution is -0.119. The Morgan fingerprint density at radius 2 is 1.89 bits per heavy atom. The van der Waals surface area contributed by atoms with Crippen molar-refractivity contribution in [3.8, 4) is 0 Å². The van der Waals surface area contributed by atoms with Gasteiger partial charge in [-0.3, -0.25) is 4.79 Å². The summed E-state index contributed by atoms with van der Waals surface area (Å²) in [6.45, 7) is 0. The van der Waals surface area contributed by atoms with Crippen molar-refractivity contribution in [1.29, 1.82) is 0 Å². The van der Waals surface area contributed by atoms with Gasteiger partial charge in [-0.05, 0) is 29.7 Å². The van der Waals surface area contributed by atoms with Crippen LogP contribution < -0.4 is 0 Å². The van der Waals surface area contributed by atoms with Gasteiger partial charge in [0.05, 0.1) is 0 Å². The Balaban J connectivity index is 1.92. The Hall–Kier alpha value is -1.25. The zero-order chi connectivity index (χ0) is 13.0. The van der Waals surface area contributed by atoms with Gasteiger partial charge < -0.3 is 0 Å². The molecule has 1 aliphatic rings. The van der Waals surface area contributed by atoms with Crippen LogP contribution in [-0.4, -0.2) is 5.78 Å². The maximum Gasteiger partial charge on any atom is 0.137 e. The highest BCUT2D eigenvalue weighted by Gasteiger charge is 2.18. The van der Waals surface area contributed by atoms with Gasteiger partial charge in [0.2, 0.25) is 0 Å². The van der Waals surface area contributed by atoms with Gasteiger partial charge in [0.15, 0.2) is 0 Å². The van der Waals surface area contributed by atoms with E-state index in [1.165, 1.54) is 19.3 Å². The summed E-state index contributed by atoms with van der Waals surface area (Å²) in [4.78, 5) is 11.9. The number of Topliss-reactive ketones (excluding diaryl/α,β-unsaturated/α-hetero) is 1. The molecule has 1 aromatic rings. The largest absolute Gasteiger partial charge is 0.299 e. The SMILES string of the molecule is O=C(Cc1cc(F)ccc1F)CC1CCCCC1. The molecule has 0 aromatic heterocycles. The molecule has 2 rings (SSSR count). The highest BCUT2D eigenvalue weighted by atomic mass is 19.1. The third-order valence-electron chi connectivity index (χ3n) is 3.64. The number of carbonyl (C=O) groups is 1. The van der Waals surface area contributed by atoms with Crippen molar-refractivity contribution >= 4 is 5.78 Å². The average molecular weight is 252 g/mol. The summed E-state index contributed by atoms with van der Waals surface area (Å²) in [5, 5.41) is 0. The Morgan fingerprint density at radius 1 is 1.17 bits per heavy atom. The van der Waals surface area contributed by atoms with E-state index in [1.807, 2.05) is 0 Å². The van der Waals surface area contributed by atoms with Crippen LogP contribution in [0.3, 0.4) is 0 Å². The third kappa shape index (κ3) is 3.62. The number of carbonyl (C=O) groups excluding carboxylic acids is 1. The van der Waals surface area contributed by atoms with Crippen LogP contribution in [0.15, 0.2) is 18.2 Å². The second-order valence-electron chi connectivity index (χ2n) is 5.16. The van der Waals surface area contributed by atoms with Gasteiger partial charge in [-0.25, -0.2) is 8.78 Å². The molecule has 98 valence electrons. The summed E-state index contributed by atoms with van der Waals surface area (Å²) < 4.78 is 26.4. The van der Waals surface area contributed by atoms with Crippen LogP contribution in [0.4, 0.5) is 8.78 Å². The number of rotatable bonds is 4. The van der Waals surface area contributed by atoms with E-state index in [4.69, 9.17) is 0 Å². The number of ketones is 1. The Labute approximate surface area is 106 Å². The molecule has 0 saturated heterocycles. The lowest BCUT2D eigenvalue weighted by atomic mass is 9.85. The van der Waals surface area contributed by atoms with E-state index in [9.17, 15) is 13.6 Å². The minimum Gasteiger partial charge on any atom is -0.299 e. The standard InChI is InChI=1S/C15H18F2O/c16-13-6-7-15(17)12(9-13)10-14(18)8-11-4-2-1-3-5-11/h6-7,9,11H,1-5,8,10H2. The zero-order valence-corrected chi connectivity index (χ0v) is 10.4. The molecule has 1 saturated carbocycles. The number of hydrogen-bond donors (Lipinski definition) is 0. The summed E-state index contributed by atoms with van der Waals surface area (Å²) in [5.41, 5.74) is 0.177. The summed E-state index contributed by atoms with van der Waals surface area (Å²) in [6.07, 6.45) is 6.34. The first-order chi connectivity index (χ1) is 8.65. The second kappa shape index (κ2) is 6.07. The van der Waals surface area contributed by atoms with Crippen LogP contribution in [0, 0.1) is 17.6 Å². The van der Waals surface area contributed by atoms with E-state index in [2.05, 4.69) is 0 Å². The van der Waals surface area contributed by atoms with Crippen LogP contribution in [0.1, 0.15) is 44.1 Å². The topological polar surface area (TPSA) is 17.1 Å². The predicted octanol–water partition coefficient (Wildman–Crippen LogP) is 4.05. The van der Waals surface area contributed by atoms with Crippen LogP contribution in [-0.2, 0) is 11.2 Å². The average Bonchev–Trinajstić information content (AvgIpc) is 2.35. The monoisotopic (exact) mass is 252 g/mol. The molecule has 0 atom stereocenters. The van der Waals surface area contributed by atoms with Crippen molar-refractivity contribution in [2.24, 2.45) is 5.92 Å². The highest BCUT2D eigenvalue weighted by molar-refractivity contribution is 5.81. The lowest BCUT2D eigenvalue weighted by Gasteiger charge is -2.20. The Morgan fingerprint density at radius 3 is 2.61 bits per heavy atom. The molecular weight excluding hydrogens is 234 g/mol. The molecule has 0 unspecified atom stereocenters. The fourth-order valence-electron chi connectivity index (χ4n) is 2.68. The maximum absolute atomic E-state index is 13.4. The molecule has 0 spiro atoms. The van der Waals surface area contributed by atoms with Crippen molar-refractivity contribution < 1.29 is 13.6 Å². The molecule has 1 aliphatic carbocycles. The maximum atomic E-state index is 13.4. The third-order valence-corrected chi connectivity index (χ3v) is 3.64. The molecule has 0 amide bonds. The minimum absolute atomic E-state index is 0.0140. The number of halogens is 2. The van der Waals surface area contributed by atoms with E-state index in [0.717, 1.165) is 31.0 Å². The fraction of sp³-hybridized carbons (Fsp3) is 0.533. The first-order valence-corrected chi connectivity index (χ1v) is 6.61. The van der Waals surface area contributed by atoms with Crippen LogP contribution in [0.2, 0.25) is 0 Å². The van der Waals surface area contributed by atoms with Crippen molar-refractivity contribution in [2.45, 2.75) is 44.9 Å². The molecule has 0 radical (unpaired) electrons. The van der Waals surface area contributed by atoms with Crippen LogP contribution >= 0.6 is 0 Å². The number of hydrogen-bond acceptors (Lipinski definition) is 1. The first kappa shape index (κ1) is 13.2. The Kier molecular flexibility index (Phi) is 4.45. The second-order valence-corrected chi connectivity index (χ2v) is 5.16. The van der Waals surface area contributed by atoms with Gasteiger partial charge in [0, 0.05) is 12.8 Å². The smallest absolute Gasteiger partial charge is 0.137 e. The van der Waals surface area contributed by atoms with Gasteiger partial charge in [-0.1, -0.05) is 32.1 Å². The molecule has 3 heteroatoms. The molecule has 1 fully saturated rings. The molecule has 18 heavy (non-hydrogen) atoms. The molecule has 1 aromatic carbocycles. The van der Waals surface area contributed by atoms with Crippen molar-refractivity contribution in [2.75, 3.05) is 0 Å². The molecule has 0 heterocycles. The van der Waals surface area contributed by atoms with Gasteiger partial charge in [-0.2, -0.15) is 0 Å². The van der Waals surface area contributed by atoms with Gasteiger partial charge in [0.25, 0.3) is 0 Å². The lowest BCUT2D eigenvalue weighted by Crippen LogP contribution is -2.14. The van der Waals surface area contributed by atoms with Gasteiger partial charge in [-0.15, -0.1) is 0 Å². The summed E-state index contributed by atoms with van der Waals surface area (Å²) in [7, 11) is 0. The molecule has 1 nitrogen and oxygen atoms in total. The summed E-state index contributed by atoms with van der Waals surface area (Å²) >= 11 is 0. The minimum atomic E-state index is -0.492. The molecule has 0 aliphatic heterocycles. The predicted molar refractivity (Wildman–Crippen MR) is 66.3 cm³/mol. The van der Waals surface area contributed by atoms with Crippen molar-refractivity contribution in [1.82, 2.24) is 0 Å². The molecule has 0 bridgehead atoms. The van der Waals surface area contributed by atoms with Gasteiger partial charge in [0.1, 0.15) is 17.4 Å². The molecular formula is C15H18F2O. The molecule has 0 N–H and O–H groups in total. The van der Waals surface area contributed by atoms with E-state index < -0.39 is 11.6 Å². The summed E-state index contributed by atoms with van der Waals surface area (Å²) in [6, 6.07) is 3.27. The van der Waals surface area contributed by atoms with E-state index in [-0.39, 0.29) is 17.8 Å². The van der Waals surface area contributed by atoms with E-state index >= 15 is 0 Å². The van der Waals surface area contributed by atoms with E-state index in [1.54, 1.807) is 0 Å². The Bertz CT molecular complexity index is 423. The van der Waals surface area contributed by atoms with E-state index in [0.29, 0.717) is 12.3 Å². The number of benzene rings is 1. The van der Waals surface area contributed by atoms with Gasteiger partial charge >= 0.3 is 0 Å². The van der Waals surface area contributed by atoms with Crippen LogP contribution in [0.5, 0.6) is 0 Å². The highest BCUT2D eigenvalue weighted by Crippen LogP contribution is 2.27.